The fraction of sp³-hybridized carbons (Fsp3) is 0.429. The lowest BCUT2D eigenvalue weighted by Gasteiger charge is -2.04. The third kappa shape index (κ3) is 4.62. The number of halogens is 1. The van der Waals surface area contributed by atoms with Crippen LogP contribution in [0.5, 0.6) is 0 Å². The molecule has 0 aliphatic carbocycles. The van der Waals surface area contributed by atoms with Gasteiger partial charge in [0.15, 0.2) is 0 Å². The lowest BCUT2D eigenvalue weighted by molar-refractivity contribution is 0.458. The molecule has 20 heavy (non-hydrogen) atoms. The summed E-state index contributed by atoms with van der Waals surface area (Å²) in [5.41, 5.74) is 1.06. The maximum atomic E-state index is 12.8. The summed E-state index contributed by atoms with van der Waals surface area (Å²) in [7, 11) is 0. The minimum absolute atomic E-state index is 0.221. The van der Waals surface area contributed by atoms with E-state index in [-0.39, 0.29) is 5.82 Å². The van der Waals surface area contributed by atoms with Crippen molar-refractivity contribution in [3.63, 3.8) is 0 Å². The highest BCUT2D eigenvalue weighted by molar-refractivity contribution is 5.20. The quantitative estimate of drug-likeness (QED) is 0.814. The molecular weight excluding hydrogens is 259 g/mol. The summed E-state index contributed by atoms with van der Waals surface area (Å²) in [6.07, 6.45) is 0.766. The summed E-state index contributed by atoms with van der Waals surface area (Å²) in [6.45, 7) is 5.33. The number of nitrogens with one attached hydrogen (secondary N) is 2. The van der Waals surface area contributed by atoms with Gasteiger partial charge in [0, 0.05) is 12.6 Å². The second-order valence-electron chi connectivity index (χ2n) is 4.84. The lowest BCUT2D eigenvalue weighted by Crippen LogP contribution is -2.21. The molecule has 0 fully saturated rings. The van der Waals surface area contributed by atoms with Crippen molar-refractivity contribution in [1.29, 1.82) is 0 Å². The van der Waals surface area contributed by atoms with Gasteiger partial charge in [-0.05, 0) is 24.1 Å². The van der Waals surface area contributed by atoms with Gasteiger partial charge in [0.25, 0.3) is 0 Å². The molecule has 5 nitrogen and oxygen atoms in total. The Kier molecular flexibility index (Phi) is 5.06. The van der Waals surface area contributed by atoms with Crippen LogP contribution >= 0.6 is 0 Å². The number of anilines is 1. The topological polar surface area (TPSA) is 63.0 Å². The van der Waals surface area contributed by atoms with Crippen LogP contribution in [0.15, 0.2) is 28.7 Å². The van der Waals surface area contributed by atoms with Gasteiger partial charge in [0.2, 0.25) is 5.89 Å². The summed E-state index contributed by atoms with van der Waals surface area (Å²) in [5.74, 6) is 0.337. The Morgan fingerprint density at radius 2 is 1.95 bits per heavy atom. The van der Waals surface area contributed by atoms with Crippen LogP contribution in [0.3, 0.4) is 0 Å². The molecule has 0 radical (unpaired) electrons. The average Bonchev–Trinajstić information content (AvgIpc) is 2.87. The Balaban J connectivity index is 1.75. The van der Waals surface area contributed by atoms with Crippen molar-refractivity contribution in [2.24, 2.45) is 0 Å². The molecule has 0 saturated heterocycles. The maximum absolute atomic E-state index is 12.8. The molecule has 0 aliphatic rings. The first-order valence-corrected chi connectivity index (χ1v) is 6.67. The van der Waals surface area contributed by atoms with Crippen LogP contribution in [-0.2, 0) is 13.0 Å². The van der Waals surface area contributed by atoms with Gasteiger partial charge < -0.3 is 15.1 Å². The number of benzene rings is 1. The van der Waals surface area contributed by atoms with Gasteiger partial charge in [-0.25, -0.2) is 4.39 Å². The van der Waals surface area contributed by atoms with Crippen LogP contribution in [0.4, 0.5) is 10.4 Å². The van der Waals surface area contributed by atoms with Crippen LogP contribution in [-0.4, -0.2) is 22.8 Å². The second kappa shape index (κ2) is 7.00. The Morgan fingerprint density at radius 3 is 2.65 bits per heavy atom. The largest absolute Gasteiger partial charge is 0.407 e. The fourth-order valence-electron chi connectivity index (χ4n) is 1.65. The van der Waals surface area contributed by atoms with Gasteiger partial charge in [-0.1, -0.05) is 31.1 Å². The highest BCUT2D eigenvalue weighted by Gasteiger charge is 2.05. The van der Waals surface area contributed by atoms with Gasteiger partial charge in [-0.15, -0.1) is 5.10 Å². The van der Waals surface area contributed by atoms with E-state index in [1.165, 1.54) is 12.1 Å². The van der Waals surface area contributed by atoms with Gasteiger partial charge in [0.05, 0.1) is 6.54 Å². The molecule has 1 heterocycles. The first kappa shape index (κ1) is 14.5. The molecule has 2 N–H and O–H groups in total. The van der Waals surface area contributed by atoms with Gasteiger partial charge >= 0.3 is 6.01 Å². The van der Waals surface area contributed by atoms with E-state index in [2.05, 4.69) is 34.7 Å². The van der Waals surface area contributed by atoms with Crippen LogP contribution in [0.2, 0.25) is 0 Å². The molecule has 0 atom stereocenters. The van der Waals surface area contributed by atoms with Crippen molar-refractivity contribution in [3.05, 3.63) is 41.5 Å². The summed E-state index contributed by atoms with van der Waals surface area (Å²) in [4.78, 5) is 0. The van der Waals surface area contributed by atoms with Crippen molar-refractivity contribution < 1.29 is 8.81 Å². The summed E-state index contributed by atoms with van der Waals surface area (Å²) in [5, 5.41) is 14.1. The highest BCUT2D eigenvalue weighted by Crippen LogP contribution is 2.07. The Hall–Kier alpha value is -1.95. The normalized spacial score (nSPS) is 11.0. The monoisotopic (exact) mass is 278 g/mol. The predicted molar refractivity (Wildman–Crippen MR) is 74.9 cm³/mol. The van der Waals surface area contributed by atoms with E-state index >= 15 is 0 Å². The summed E-state index contributed by atoms with van der Waals surface area (Å²) < 4.78 is 18.2. The van der Waals surface area contributed by atoms with E-state index < -0.39 is 0 Å². The third-order valence-corrected chi connectivity index (χ3v) is 2.73. The molecule has 2 aromatic rings. The standard InChI is InChI=1S/C14H19FN4O/c1-10(2)17-9-13-18-19-14(20-13)16-8-7-11-3-5-12(15)6-4-11/h3-6,10,17H,7-9H2,1-2H3,(H,16,19). The minimum Gasteiger partial charge on any atom is -0.407 e. The average molecular weight is 278 g/mol. The molecule has 0 spiro atoms. The van der Waals surface area contributed by atoms with E-state index in [0.717, 1.165) is 12.0 Å². The van der Waals surface area contributed by atoms with Gasteiger partial charge in [0.1, 0.15) is 5.82 Å². The second-order valence-corrected chi connectivity index (χ2v) is 4.84. The molecule has 0 bridgehead atoms. The van der Waals surface area contributed by atoms with Crippen LogP contribution < -0.4 is 10.6 Å². The summed E-state index contributed by atoms with van der Waals surface area (Å²) >= 11 is 0. The molecule has 0 amide bonds. The number of hydrogen-bond donors (Lipinski definition) is 2. The molecule has 0 unspecified atom stereocenters. The smallest absolute Gasteiger partial charge is 0.315 e. The zero-order valence-electron chi connectivity index (χ0n) is 11.7. The van der Waals surface area contributed by atoms with Crippen molar-refractivity contribution in [2.75, 3.05) is 11.9 Å². The molecule has 0 saturated carbocycles. The molecule has 6 heteroatoms. The highest BCUT2D eigenvalue weighted by atomic mass is 19.1. The first-order chi connectivity index (χ1) is 9.63. The van der Waals surface area contributed by atoms with Crippen LogP contribution in [0, 0.1) is 5.82 Å². The molecule has 0 aliphatic heterocycles. The molecule has 108 valence electrons. The van der Waals surface area contributed by atoms with E-state index in [0.29, 0.717) is 31.0 Å². The van der Waals surface area contributed by atoms with Gasteiger partial charge in [-0.3, -0.25) is 0 Å². The van der Waals surface area contributed by atoms with Crippen molar-refractivity contribution >= 4 is 6.01 Å². The molecule has 1 aromatic heterocycles. The Bertz CT molecular complexity index is 524. The molecular formula is C14H19FN4O. The molecule has 2 rings (SSSR count). The van der Waals surface area contributed by atoms with E-state index in [4.69, 9.17) is 4.42 Å². The van der Waals surface area contributed by atoms with E-state index in [1.807, 2.05) is 0 Å². The first-order valence-electron chi connectivity index (χ1n) is 6.67. The maximum Gasteiger partial charge on any atom is 0.315 e. The fourth-order valence-corrected chi connectivity index (χ4v) is 1.65. The SMILES string of the molecule is CC(C)NCc1nnc(NCCc2ccc(F)cc2)o1. The Labute approximate surface area is 117 Å². The van der Waals surface area contributed by atoms with Crippen molar-refractivity contribution in [3.8, 4) is 0 Å². The number of hydrogen-bond acceptors (Lipinski definition) is 5. The summed E-state index contributed by atoms with van der Waals surface area (Å²) in [6, 6.07) is 7.23. The number of rotatable bonds is 7. The minimum atomic E-state index is -0.221. The van der Waals surface area contributed by atoms with E-state index in [9.17, 15) is 4.39 Å². The lowest BCUT2D eigenvalue weighted by atomic mass is 10.1. The van der Waals surface area contributed by atoms with Crippen molar-refractivity contribution in [1.82, 2.24) is 15.5 Å². The number of nitrogens with zero attached hydrogens (tertiary/aromatic N) is 2. The predicted octanol–water partition coefficient (Wildman–Crippen LogP) is 2.36. The third-order valence-electron chi connectivity index (χ3n) is 2.73. The zero-order valence-corrected chi connectivity index (χ0v) is 11.7. The zero-order chi connectivity index (χ0) is 14.4. The van der Waals surface area contributed by atoms with Crippen molar-refractivity contribution in [2.45, 2.75) is 32.9 Å². The van der Waals surface area contributed by atoms with E-state index in [1.54, 1.807) is 12.1 Å². The van der Waals surface area contributed by atoms with Crippen LogP contribution in [0.25, 0.3) is 0 Å². The molecule has 1 aromatic carbocycles. The number of aromatic nitrogens is 2. The van der Waals surface area contributed by atoms with Crippen LogP contribution in [0.1, 0.15) is 25.3 Å². The van der Waals surface area contributed by atoms with Gasteiger partial charge in [-0.2, -0.15) is 0 Å². The Morgan fingerprint density at radius 1 is 1.20 bits per heavy atom.